The summed E-state index contributed by atoms with van der Waals surface area (Å²) in [5, 5.41) is 1.27. The highest BCUT2D eigenvalue weighted by molar-refractivity contribution is 5.90. The van der Waals surface area contributed by atoms with Crippen LogP contribution in [0.5, 0.6) is 0 Å². The molecule has 4 rings (SSSR count). The van der Waals surface area contributed by atoms with E-state index in [1.54, 1.807) is 4.90 Å². The van der Waals surface area contributed by atoms with E-state index in [0.29, 0.717) is 26.3 Å². The number of amides is 1. The molecule has 0 radical (unpaired) electrons. The van der Waals surface area contributed by atoms with Crippen LogP contribution in [0.3, 0.4) is 0 Å². The Labute approximate surface area is 154 Å². The maximum atomic E-state index is 14.6. The molecule has 10 heteroatoms. The fourth-order valence-corrected chi connectivity index (χ4v) is 3.74. The van der Waals surface area contributed by atoms with Gasteiger partial charge in [0.1, 0.15) is 11.8 Å². The second kappa shape index (κ2) is 6.54. The van der Waals surface area contributed by atoms with Crippen LogP contribution in [-0.2, 0) is 9.47 Å². The molecule has 1 aromatic rings. The Morgan fingerprint density at radius 1 is 1.30 bits per heavy atom. The van der Waals surface area contributed by atoms with Crippen LogP contribution >= 0.6 is 0 Å². The third-order valence-electron chi connectivity index (χ3n) is 5.06. The molecule has 3 aliphatic heterocycles. The van der Waals surface area contributed by atoms with Crippen molar-refractivity contribution < 1.29 is 23.0 Å². The van der Waals surface area contributed by atoms with Crippen LogP contribution in [0.2, 0.25) is 0 Å². The monoisotopic (exact) mass is 381 g/mol. The van der Waals surface area contributed by atoms with Crippen molar-refractivity contribution >= 4 is 17.5 Å². The van der Waals surface area contributed by atoms with E-state index in [0.717, 1.165) is 12.1 Å². The summed E-state index contributed by atoms with van der Waals surface area (Å²) in [6.45, 7) is 2.72. The second-order valence-corrected chi connectivity index (χ2v) is 7.26. The highest BCUT2D eigenvalue weighted by Gasteiger charge is 2.50. The third kappa shape index (κ3) is 3.15. The minimum Gasteiger partial charge on any atom is -0.442 e. The summed E-state index contributed by atoms with van der Waals surface area (Å²) in [7, 11) is 0. The molecule has 27 heavy (non-hydrogen) atoms. The molecular weight excluding hydrogens is 360 g/mol. The number of benzene rings is 1. The number of ether oxygens (including phenoxy) is 2. The fourth-order valence-electron chi connectivity index (χ4n) is 3.74. The van der Waals surface area contributed by atoms with Crippen molar-refractivity contribution in [3.8, 4) is 0 Å². The van der Waals surface area contributed by atoms with Gasteiger partial charge >= 0.3 is 6.09 Å². The number of carbonyl (C=O) groups is 1. The Bertz CT molecular complexity index is 755. The number of cyclic esters (lactones) is 1. The molecule has 0 saturated carbocycles. The lowest BCUT2D eigenvalue weighted by atomic mass is 9.77. The Morgan fingerprint density at radius 3 is 2.52 bits per heavy atom. The van der Waals surface area contributed by atoms with Gasteiger partial charge in [0.25, 0.3) is 0 Å². The van der Waals surface area contributed by atoms with Gasteiger partial charge in [0, 0.05) is 37.6 Å². The van der Waals surface area contributed by atoms with Crippen LogP contribution in [0.1, 0.15) is 0 Å². The SMILES string of the molecule is N/C=C\N(N)CC1CN(c2cc(F)c(N3CC4(COC4)C3)c(F)c2)C(=O)O1. The van der Waals surface area contributed by atoms with Gasteiger partial charge in [-0.2, -0.15) is 0 Å². The number of hydrazine groups is 1. The highest BCUT2D eigenvalue weighted by Crippen LogP contribution is 2.42. The molecule has 1 unspecified atom stereocenters. The lowest BCUT2D eigenvalue weighted by molar-refractivity contribution is -0.127. The van der Waals surface area contributed by atoms with Crippen LogP contribution in [0.4, 0.5) is 25.0 Å². The summed E-state index contributed by atoms with van der Waals surface area (Å²) < 4.78 is 39.6. The number of carbonyl (C=O) groups excluding carboxylic acids is 1. The number of hydrogen-bond donors (Lipinski definition) is 2. The molecule has 3 fully saturated rings. The number of halogens is 2. The van der Waals surface area contributed by atoms with Crippen LogP contribution in [0, 0.1) is 17.0 Å². The smallest absolute Gasteiger partial charge is 0.414 e. The van der Waals surface area contributed by atoms with E-state index >= 15 is 0 Å². The zero-order valence-corrected chi connectivity index (χ0v) is 14.6. The van der Waals surface area contributed by atoms with Crippen LogP contribution in [-0.4, -0.2) is 56.6 Å². The zero-order chi connectivity index (χ0) is 19.2. The predicted molar refractivity (Wildman–Crippen MR) is 93.7 cm³/mol. The van der Waals surface area contributed by atoms with E-state index < -0.39 is 23.8 Å². The topological polar surface area (TPSA) is 97.3 Å². The third-order valence-corrected chi connectivity index (χ3v) is 5.06. The van der Waals surface area contributed by atoms with E-state index in [2.05, 4.69) is 0 Å². The van der Waals surface area contributed by atoms with Crippen LogP contribution in [0.15, 0.2) is 24.5 Å². The van der Waals surface area contributed by atoms with E-state index in [4.69, 9.17) is 21.1 Å². The molecule has 0 aromatic heterocycles. The van der Waals surface area contributed by atoms with Gasteiger partial charge in [0.15, 0.2) is 11.6 Å². The van der Waals surface area contributed by atoms with Gasteiger partial charge in [0.05, 0.1) is 37.4 Å². The highest BCUT2D eigenvalue weighted by atomic mass is 19.1. The number of rotatable bonds is 5. The minimum absolute atomic E-state index is 0.0373. The molecule has 1 spiro atoms. The van der Waals surface area contributed by atoms with Crippen LogP contribution < -0.4 is 21.4 Å². The minimum atomic E-state index is -0.706. The van der Waals surface area contributed by atoms with Gasteiger partial charge in [-0.1, -0.05) is 0 Å². The zero-order valence-electron chi connectivity index (χ0n) is 14.6. The molecule has 146 valence electrons. The molecule has 3 saturated heterocycles. The molecular formula is C17H21F2N5O3. The van der Waals surface area contributed by atoms with Crippen molar-refractivity contribution in [3.63, 3.8) is 0 Å². The average Bonchev–Trinajstić information content (AvgIpc) is 2.87. The molecule has 1 atom stereocenters. The van der Waals surface area contributed by atoms with Crippen molar-refractivity contribution in [2.24, 2.45) is 17.0 Å². The quantitative estimate of drug-likeness (QED) is 0.573. The standard InChI is InChI=1S/C17H21F2N5O3/c18-13-3-11(24-6-12(27-16(24)25)5-23(21)2-1-20)4-14(19)15(13)22-7-17(8-22)9-26-10-17/h1-4,12H,5-10,20-21H2/b2-1-. The lowest BCUT2D eigenvalue weighted by Crippen LogP contribution is -2.66. The van der Waals surface area contributed by atoms with Gasteiger partial charge in [-0.3, -0.25) is 4.90 Å². The van der Waals surface area contributed by atoms with Gasteiger partial charge in [-0.25, -0.2) is 19.4 Å². The summed E-state index contributed by atoms with van der Waals surface area (Å²) in [4.78, 5) is 14.9. The van der Waals surface area contributed by atoms with Gasteiger partial charge in [0.2, 0.25) is 0 Å². The van der Waals surface area contributed by atoms with E-state index in [1.807, 2.05) is 0 Å². The summed E-state index contributed by atoms with van der Waals surface area (Å²) in [6.07, 6.45) is 1.47. The summed E-state index contributed by atoms with van der Waals surface area (Å²) in [6, 6.07) is 2.31. The first kappa shape index (κ1) is 17.8. The van der Waals surface area contributed by atoms with Gasteiger partial charge < -0.3 is 25.1 Å². The fraction of sp³-hybridized carbons (Fsp3) is 0.471. The van der Waals surface area contributed by atoms with Gasteiger partial charge in [-0.05, 0) is 0 Å². The van der Waals surface area contributed by atoms with E-state index in [9.17, 15) is 13.6 Å². The van der Waals surface area contributed by atoms with E-state index in [-0.39, 0.29) is 29.9 Å². The van der Waals surface area contributed by atoms with Crippen molar-refractivity contribution in [3.05, 3.63) is 36.2 Å². The Balaban J connectivity index is 1.47. The summed E-state index contributed by atoms with van der Waals surface area (Å²) >= 11 is 0. The lowest BCUT2D eigenvalue weighted by Gasteiger charge is -2.56. The molecule has 0 bridgehead atoms. The molecule has 1 aromatic carbocycles. The first-order chi connectivity index (χ1) is 12.9. The second-order valence-electron chi connectivity index (χ2n) is 7.26. The molecule has 4 N–H and O–H groups in total. The van der Waals surface area contributed by atoms with Crippen LogP contribution in [0.25, 0.3) is 0 Å². The Morgan fingerprint density at radius 2 is 1.96 bits per heavy atom. The van der Waals surface area contributed by atoms with Crippen molar-refractivity contribution in [2.75, 3.05) is 49.2 Å². The maximum Gasteiger partial charge on any atom is 0.414 e. The van der Waals surface area contributed by atoms with E-state index in [1.165, 1.54) is 22.3 Å². The normalized spacial score (nSPS) is 23.5. The maximum absolute atomic E-state index is 14.6. The molecule has 3 heterocycles. The first-order valence-corrected chi connectivity index (χ1v) is 8.60. The molecule has 0 aliphatic carbocycles. The van der Waals surface area contributed by atoms with Crippen molar-refractivity contribution in [1.82, 2.24) is 5.01 Å². The van der Waals surface area contributed by atoms with Crippen molar-refractivity contribution in [1.29, 1.82) is 0 Å². The molecule has 8 nitrogen and oxygen atoms in total. The molecule has 3 aliphatic rings. The number of hydrogen-bond acceptors (Lipinski definition) is 7. The number of anilines is 2. The summed E-state index contributed by atoms with van der Waals surface area (Å²) in [5.74, 6) is 4.27. The number of nitrogens with zero attached hydrogens (tertiary/aromatic N) is 3. The Kier molecular flexibility index (Phi) is 4.31. The predicted octanol–water partition coefficient (Wildman–Crippen LogP) is 0.732. The first-order valence-electron chi connectivity index (χ1n) is 8.60. The number of nitrogens with two attached hydrogens (primary N) is 2. The largest absolute Gasteiger partial charge is 0.442 e. The average molecular weight is 381 g/mol. The van der Waals surface area contributed by atoms with Gasteiger partial charge in [-0.15, -0.1) is 0 Å². The summed E-state index contributed by atoms with van der Waals surface area (Å²) in [5.41, 5.74) is 5.33. The Hall–Kier alpha value is -2.59. The molecule has 1 amide bonds. The van der Waals surface area contributed by atoms with Crippen molar-refractivity contribution in [2.45, 2.75) is 6.10 Å².